The molecule has 2 unspecified atom stereocenters. The fraction of sp³-hybridized carbons (Fsp3) is 0.471. The van der Waals surface area contributed by atoms with Gasteiger partial charge in [0.2, 0.25) is 0 Å². The largest absolute Gasteiger partial charge is 0.458 e. The highest BCUT2D eigenvalue weighted by Crippen LogP contribution is 2.42. The summed E-state index contributed by atoms with van der Waals surface area (Å²) in [6.07, 6.45) is -4.74. The summed E-state index contributed by atoms with van der Waals surface area (Å²) in [7, 11) is 0. The standard InChI is InChI=1S/C17H17F3N2O3/c1-9(15(24)25-16(2,3)4)22-12(8-21)10-6-5-7-11(17(18,19)20)13(10)14(22)23/h5-7,9,12H,1-4H3. The average Bonchev–Trinajstić information content (AvgIpc) is 2.76. The first-order valence-electron chi connectivity index (χ1n) is 7.53. The number of amides is 1. The van der Waals surface area contributed by atoms with Crippen molar-refractivity contribution in [3.8, 4) is 6.07 Å². The maximum absolute atomic E-state index is 13.2. The molecule has 1 heterocycles. The molecule has 0 spiro atoms. The molecule has 0 radical (unpaired) electrons. The maximum atomic E-state index is 13.2. The molecule has 134 valence electrons. The third-order valence-electron chi connectivity index (χ3n) is 3.71. The van der Waals surface area contributed by atoms with Gasteiger partial charge < -0.3 is 9.64 Å². The van der Waals surface area contributed by atoms with Crippen molar-refractivity contribution in [2.75, 3.05) is 0 Å². The van der Waals surface area contributed by atoms with Gasteiger partial charge in [0.1, 0.15) is 17.7 Å². The highest BCUT2D eigenvalue weighted by Gasteiger charge is 2.47. The molecule has 0 fully saturated rings. The molecule has 2 rings (SSSR count). The van der Waals surface area contributed by atoms with Gasteiger partial charge in [-0.2, -0.15) is 18.4 Å². The van der Waals surface area contributed by atoms with Crippen LogP contribution in [0.5, 0.6) is 0 Å². The van der Waals surface area contributed by atoms with Crippen molar-refractivity contribution in [3.63, 3.8) is 0 Å². The van der Waals surface area contributed by atoms with E-state index >= 15 is 0 Å². The zero-order valence-electron chi connectivity index (χ0n) is 14.1. The van der Waals surface area contributed by atoms with Gasteiger partial charge in [0.15, 0.2) is 0 Å². The summed E-state index contributed by atoms with van der Waals surface area (Å²) in [5.41, 5.74) is -2.59. The number of rotatable bonds is 2. The quantitative estimate of drug-likeness (QED) is 0.763. The van der Waals surface area contributed by atoms with Gasteiger partial charge in [-0.25, -0.2) is 4.79 Å². The molecule has 0 N–H and O–H groups in total. The molecule has 25 heavy (non-hydrogen) atoms. The zero-order valence-corrected chi connectivity index (χ0v) is 14.1. The first kappa shape index (κ1) is 18.8. The van der Waals surface area contributed by atoms with Crippen LogP contribution in [-0.2, 0) is 15.7 Å². The molecule has 1 aliphatic rings. The van der Waals surface area contributed by atoms with Gasteiger partial charge in [0, 0.05) is 5.56 Å². The Bertz CT molecular complexity index is 760. The number of carbonyl (C=O) groups excluding carboxylic acids is 2. The van der Waals surface area contributed by atoms with Crippen molar-refractivity contribution < 1.29 is 27.5 Å². The Balaban J connectivity index is 2.48. The maximum Gasteiger partial charge on any atom is 0.417 e. The van der Waals surface area contributed by atoms with Gasteiger partial charge in [0.25, 0.3) is 5.91 Å². The third kappa shape index (κ3) is 3.45. The minimum absolute atomic E-state index is 0.0577. The van der Waals surface area contributed by atoms with Gasteiger partial charge >= 0.3 is 12.1 Å². The van der Waals surface area contributed by atoms with Crippen LogP contribution in [0.25, 0.3) is 0 Å². The molecule has 1 aliphatic heterocycles. The summed E-state index contributed by atoms with van der Waals surface area (Å²) in [6.45, 7) is 6.21. The van der Waals surface area contributed by atoms with E-state index in [4.69, 9.17) is 4.74 Å². The van der Waals surface area contributed by atoms with Crippen molar-refractivity contribution in [1.29, 1.82) is 5.26 Å². The average molecular weight is 354 g/mol. The second kappa shape index (κ2) is 6.06. The molecule has 0 saturated carbocycles. The normalized spacial score (nSPS) is 18.6. The van der Waals surface area contributed by atoms with Gasteiger partial charge in [-0.05, 0) is 33.8 Å². The number of hydrogen-bond donors (Lipinski definition) is 0. The van der Waals surface area contributed by atoms with Crippen molar-refractivity contribution in [3.05, 3.63) is 34.9 Å². The van der Waals surface area contributed by atoms with E-state index in [9.17, 15) is 28.0 Å². The Labute approximate surface area is 143 Å². The molecule has 0 saturated heterocycles. The number of ether oxygens (including phenoxy) is 1. The van der Waals surface area contributed by atoms with E-state index in [0.717, 1.165) is 17.0 Å². The molecule has 5 nitrogen and oxygen atoms in total. The van der Waals surface area contributed by atoms with E-state index in [1.807, 2.05) is 6.07 Å². The highest BCUT2D eigenvalue weighted by molar-refractivity contribution is 6.03. The number of nitriles is 1. The van der Waals surface area contributed by atoms with Crippen LogP contribution in [0, 0.1) is 11.3 Å². The van der Waals surface area contributed by atoms with Crippen LogP contribution in [0.2, 0.25) is 0 Å². The molecule has 1 aromatic carbocycles. The third-order valence-corrected chi connectivity index (χ3v) is 3.71. The Morgan fingerprint density at radius 2 is 1.92 bits per heavy atom. The van der Waals surface area contributed by atoms with Crippen LogP contribution in [0.3, 0.4) is 0 Å². The number of fused-ring (bicyclic) bond motifs is 1. The van der Waals surface area contributed by atoms with Crippen LogP contribution in [0.4, 0.5) is 13.2 Å². The van der Waals surface area contributed by atoms with Crippen molar-refractivity contribution in [1.82, 2.24) is 4.90 Å². The van der Waals surface area contributed by atoms with Gasteiger partial charge in [-0.1, -0.05) is 12.1 Å². The number of halogens is 3. The number of benzene rings is 1. The summed E-state index contributed by atoms with van der Waals surface area (Å²) in [4.78, 5) is 25.7. The monoisotopic (exact) mass is 354 g/mol. The Hall–Kier alpha value is -2.56. The number of hydrogen-bond acceptors (Lipinski definition) is 4. The molecule has 0 aromatic heterocycles. The molecular formula is C17H17F3N2O3. The van der Waals surface area contributed by atoms with Crippen LogP contribution in [-0.4, -0.2) is 28.4 Å². The lowest BCUT2D eigenvalue weighted by Gasteiger charge is -2.29. The summed E-state index contributed by atoms with van der Waals surface area (Å²) in [6, 6.07) is 2.53. The van der Waals surface area contributed by atoms with Gasteiger partial charge in [-0.15, -0.1) is 0 Å². The Morgan fingerprint density at radius 1 is 1.32 bits per heavy atom. The van der Waals surface area contributed by atoms with E-state index in [1.54, 1.807) is 20.8 Å². The van der Waals surface area contributed by atoms with E-state index in [2.05, 4.69) is 0 Å². The van der Waals surface area contributed by atoms with Gasteiger partial charge in [-0.3, -0.25) is 4.79 Å². The number of alkyl halides is 3. The number of carbonyl (C=O) groups is 2. The fourth-order valence-corrected chi connectivity index (χ4v) is 2.70. The van der Waals surface area contributed by atoms with E-state index in [1.165, 1.54) is 13.0 Å². The van der Waals surface area contributed by atoms with Crippen LogP contribution < -0.4 is 0 Å². The summed E-state index contributed by atoms with van der Waals surface area (Å²) >= 11 is 0. The van der Waals surface area contributed by atoms with Crippen molar-refractivity contribution >= 4 is 11.9 Å². The van der Waals surface area contributed by atoms with Crippen LogP contribution in [0.1, 0.15) is 55.2 Å². The first-order chi connectivity index (χ1) is 11.4. The molecule has 8 heteroatoms. The van der Waals surface area contributed by atoms with Gasteiger partial charge in [0.05, 0.1) is 17.2 Å². The predicted octanol–water partition coefficient (Wildman–Crippen LogP) is 3.46. The second-order valence-corrected chi connectivity index (χ2v) is 6.72. The second-order valence-electron chi connectivity index (χ2n) is 6.72. The lowest BCUT2D eigenvalue weighted by Crippen LogP contribution is -2.44. The summed E-state index contributed by atoms with van der Waals surface area (Å²) < 4.78 is 44.8. The van der Waals surface area contributed by atoms with Crippen LogP contribution >= 0.6 is 0 Å². The minimum Gasteiger partial charge on any atom is -0.458 e. The Morgan fingerprint density at radius 3 is 2.40 bits per heavy atom. The summed E-state index contributed by atoms with van der Waals surface area (Å²) in [5, 5.41) is 9.38. The minimum atomic E-state index is -4.74. The highest BCUT2D eigenvalue weighted by atomic mass is 19.4. The summed E-state index contributed by atoms with van der Waals surface area (Å²) in [5.74, 6) is -1.80. The smallest absolute Gasteiger partial charge is 0.417 e. The van der Waals surface area contributed by atoms with Crippen molar-refractivity contribution in [2.24, 2.45) is 0 Å². The predicted molar refractivity (Wildman–Crippen MR) is 81.3 cm³/mol. The SMILES string of the molecule is CC(C(=O)OC(C)(C)C)N1C(=O)c2c(cccc2C(F)(F)F)C1C#N. The fourth-order valence-electron chi connectivity index (χ4n) is 2.70. The molecule has 0 bridgehead atoms. The number of nitrogens with zero attached hydrogens (tertiary/aromatic N) is 2. The Kier molecular flexibility index (Phi) is 4.55. The zero-order chi connectivity index (χ0) is 19.2. The molecular weight excluding hydrogens is 337 g/mol. The van der Waals surface area contributed by atoms with E-state index in [-0.39, 0.29) is 5.56 Å². The first-order valence-corrected chi connectivity index (χ1v) is 7.53. The lowest BCUT2D eigenvalue weighted by atomic mass is 9.99. The van der Waals surface area contributed by atoms with Crippen molar-refractivity contribution in [2.45, 2.75) is 51.6 Å². The van der Waals surface area contributed by atoms with Crippen LogP contribution in [0.15, 0.2) is 18.2 Å². The molecule has 2 atom stereocenters. The molecule has 1 aromatic rings. The van der Waals surface area contributed by atoms with E-state index < -0.39 is 46.9 Å². The molecule has 0 aliphatic carbocycles. The molecule has 1 amide bonds. The number of esters is 1. The topological polar surface area (TPSA) is 70.4 Å². The van der Waals surface area contributed by atoms with E-state index in [0.29, 0.717) is 0 Å². The lowest BCUT2D eigenvalue weighted by molar-refractivity contribution is -0.160.